The smallest absolute Gasteiger partial charge is 0.119 e. The summed E-state index contributed by atoms with van der Waals surface area (Å²) < 4.78 is 5.26. The highest BCUT2D eigenvalue weighted by Gasteiger charge is 2.30. The van der Waals surface area contributed by atoms with Crippen molar-refractivity contribution in [2.45, 2.75) is 24.8 Å². The number of ether oxygens (including phenoxy) is 1. The summed E-state index contributed by atoms with van der Waals surface area (Å²) in [7, 11) is 1.71. The average molecular weight is 255 g/mol. The molecule has 19 heavy (non-hydrogen) atoms. The van der Waals surface area contributed by atoms with E-state index in [1.165, 1.54) is 5.56 Å². The summed E-state index contributed by atoms with van der Waals surface area (Å²) >= 11 is 0. The van der Waals surface area contributed by atoms with Gasteiger partial charge < -0.3 is 10.1 Å². The molecule has 3 rings (SSSR count). The van der Waals surface area contributed by atoms with E-state index < -0.39 is 0 Å². The molecular formula is C15H17N3O. The maximum Gasteiger partial charge on any atom is 0.119 e. The van der Waals surface area contributed by atoms with Crippen molar-refractivity contribution >= 4 is 5.69 Å². The van der Waals surface area contributed by atoms with Crippen molar-refractivity contribution in [3.63, 3.8) is 0 Å². The Morgan fingerprint density at radius 3 is 2.74 bits per heavy atom. The summed E-state index contributed by atoms with van der Waals surface area (Å²) in [6.45, 7) is 0. The molecule has 1 aliphatic rings. The molecule has 1 N–H and O–H groups in total. The summed E-state index contributed by atoms with van der Waals surface area (Å²) in [5.74, 6) is 1.56. The molecule has 0 aliphatic heterocycles. The zero-order chi connectivity index (χ0) is 13.1. The Morgan fingerprint density at radius 1 is 1.21 bits per heavy atom. The molecule has 4 heteroatoms. The molecule has 1 aromatic heterocycles. The van der Waals surface area contributed by atoms with E-state index in [-0.39, 0.29) is 0 Å². The molecule has 1 aromatic carbocycles. The molecule has 0 unspecified atom stereocenters. The minimum absolute atomic E-state index is 0.516. The van der Waals surface area contributed by atoms with Gasteiger partial charge in [-0.25, -0.2) is 9.97 Å². The minimum atomic E-state index is 0.516. The van der Waals surface area contributed by atoms with E-state index in [2.05, 4.69) is 33.5 Å². The highest BCUT2D eigenvalue weighted by atomic mass is 16.5. The summed E-state index contributed by atoms with van der Waals surface area (Å²) in [6.07, 6.45) is 7.45. The zero-order valence-electron chi connectivity index (χ0n) is 10.9. The Labute approximate surface area is 112 Å². The topological polar surface area (TPSA) is 47.0 Å². The highest BCUT2D eigenvalue weighted by molar-refractivity contribution is 5.40. The van der Waals surface area contributed by atoms with Crippen molar-refractivity contribution in [3.8, 4) is 5.75 Å². The third-order valence-corrected chi connectivity index (χ3v) is 3.63. The maximum absolute atomic E-state index is 5.26. The highest BCUT2D eigenvalue weighted by Crippen LogP contribution is 2.39. The van der Waals surface area contributed by atoms with Gasteiger partial charge in [-0.3, -0.25) is 0 Å². The molecule has 2 aromatic rings. The fourth-order valence-corrected chi connectivity index (χ4v) is 2.51. The zero-order valence-corrected chi connectivity index (χ0v) is 10.9. The lowest BCUT2D eigenvalue weighted by Gasteiger charge is -2.36. The van der Waals surface area contributed by atoms with Gasteiger partial charge in [0.15, 0.2) is 0 Å². The van der Waals surface area contributed by atoms with Crippen molar-refractivity contribution < 1.29 is 4.74 Å². The number of hydrogen-bond donors (Lipinski definition) is 1. The fraction of sp³-hybridized carbons (Fsp3) is 0.333. The Hall–Kier alpha value is -2.10. The summed E-state index contributed by atoms with van der Waals surface area (Å²) in [5.41, 5.74) is 2.36. The van der Waals surface area contributed by atoms with Gasteiger partial charge in [-0.2, -0.15) is 0 Å². The van der Waals surface area contributed by atoms with Gasteiger partial charge in [0.1, 0.15) is 12.1 Å². The van der Waals surface area contributed by atoms with Gasteiger partial charge in [0.25, 0.3) is 0 Å². The normalized spacial score (nSPS) is 21.5. The van der Waals surface area contributed by atoms with Crippen LogP contribution in [0, 0.1) is 0 Å². The molecule has 0 atom stereocenters. The molecule has 0 saturated heterocycles. The number of nitrogens with zero attached hydrogens (tertiary/aromatic N) is 2. The number of aromatic nitrogens is 2. The molecule has 0 amide bonds. The van der Waals surface area contributed by atoms with Crippen molar-refractivity contribution in [3.05, 3.63) is 48.5 Å². The molecule has 1 saturated carbocycles. The van der Waals surface area contributed by atoms with Crippen LogP contribution < -0.4 is 10.1 Å². The first-order valence-corrected chi connectivity index (χ1v) is 6.50. The van der Waals surface area contributed by atoms with Crippen molar-refractivity contribution in [2.75, 3.05) is 12.4 Å². The molecule has 1 aliphatic carbocycles. The predicted octanol–water partition coefficient (Wildman–Crippen LogP) is 2.84. The van der Waals surface area contributed by atoms with Gasteiger partial charge in [-0.15, -0.1) is 0 Å². The SMILES string of the molecule is COc1cccc(C2CC(Nc3cncnc3)C2)c1. The van der Waals surface area contributed by atoms with Gasteiger partial charge in [-0.1, -0.05) is 12.1 Å². The minimum Gasteiger partial charge on any atom is -0.497 e. The summed E-state index contributed by atoms with van der Waals surface area (Å²) in [4.78, 5) is 8.01. The van der Waals surface area contributed by atoms with E-state index in [0.717, 1.165) is 24.3 Å². The van der Waals surface area contributed by atoms with E-state index in [4.69, 9.17) is 4.74 Å². The number of nitrogens with one attached hydrogen (secondary N) is 1. The van der Waals surface area contributed by atoms with Crippen molar-refractivity contribution in [1.29, 1.82) is 0 Å². The van der Waals surface area contributed by atoms with Crippen LogP contribution in [0.25, 0.3) is 0 Å². The number of anilines is 1. The van der Waals surface area contributed by atoms with Crippen LogP contribution >= 0.6 is 0 Å². The number of benzene rings is 1. The number of methoxy groups -OCH3 is 1. The average Bonchev–Trinajstić information content (AvgIpc) is 2.43. The van der Waals surface area contributed by atoms with Crippen molar-refractivity contribution in [1.82, 2.24) is 9.97 Å². The second kappa shape index (κ2) is 5.26. The predicted molar refractivity (Wildman–Crippen MR) is 74.4 cm³/mol. The van der Waals surface area contributed by atoms with E-state index in [1.54, 1.807) is 13.4 Å². The summed E-state index contributed by atoms with van der Waals surface area (Å²) in [5, 5.41) is 3.45. The Balaban J connectivity index is 1.57. The third-order valence-electron chi connectivity index (χ3n) is 3.63. The van der Waals surface area contributed by atoms with Crippen LogP contribution in [0.4, 0.5) is 5.69 Å². The van der Waals surface area contributed by atoms with Crippen LogP contribution in [0.15, 0.2) is 43.0 Å². The lowest BCUT2D eigenvalue weighted by molar-refractivity contribution is 0.370. The van der Waals surface area contributed by atoms with Crippen LogP contribution in [0.3, 0.4) is 0 Å². The number of rotatable bonds is 4. The largest absolute Gasteiger partial charge is 0.497 e. The van der Waals surface area contributed by atoms with Gasteiger partial charge >= 0.3 is 0 Å². The lowest BCUT2D eigenvalue weighted by Crippen LogP contribution is -2.34. The van der Waals surface area contributed by atoms with E-state index in [9.17, 15) is 0 Å². The van der Waals surface area contributed by atoms with E-state index >= 15 is 0 Å². The second-order valence-electron chi connectivity index (χ2n) is 4.91. The Bertz CT molecular complexity index is 538. The van der Waals surface area contributed by atoms with Gasteiger partial charge in [0.05, 0.1) is 25.2 Å². The third kappa shape index (κ3) is 2.67. The first-order valence-electron chi connectivity index (χ1n) is 6.50. The van der Waals surface area contributed by atoms with Gasteiger partial charge in [0, 0.05) is 6.04 Å². The quantitative estimate of drug-likeness (QED) is 0.912. The second-order valence-corrected chi connectivity index (χ2v) is 4.91. The monoisotopic (exact) mass is 255 g/mol. The van der Waals surface area contributed by atoms with Crippen LogP contribution in [0.2, 0.25) is 0 Å². The molecule has 1 fully saturated rings. The molecule has 4 nitrogen and oxygen atoms in total. The van der Waals surface area contributed by atoms with E-state index in [1.807, 2.05) is 18.5 Å². The molecule has 98 valence electrons. The first kappa shape index (κ1) is 12.0. The molecule has 0 bridgehead atoms. The van der Waals surface area contributed by atoms with Crippen LogP contribution in [-0.4, -0.2) is 23.1 Å². The summed E-state index contributed by atoms with van der Waals surface area (Å²) in [6, 6.07) is 8.86. The Morgan fingerprint density at radius 2 is 2.00 bits per heavy atom. The molecule has 0 spiro atoms. The number of hydrogen-bond acceptors (Lipinski definition) is 4. The lowest BCUT2D eigenvalue weighted by atomic mass is 9.76. The molecule has 0 radical (unpaired) electrons. The maximum atomic E-state index is 5.26. The van der Waals surface area contributed by atoms with Crippen LogP contribution in [0.1, 0.15) is 24.3 Å². The Kier molecular flexibility index (Phi) is 3.31. The van der Waals surface area contributed by atoms with Gasteiger partial charge in [-0.05, 0) is 36.5 Å². The molecular weight excluding hydrogens is 238 g/mol. The van der Waals surface area contributed by atoms with Crippen LogP contribution in [-0.2, 0) is 0 Å². The fourth-order valence-electron chi connectivity index (χ4n) is 2.51. The first-order chi connectivity index (χ1) is 9.35. The van der Waals surface area contributed by atoms with Crippen LogP contribution in [0.5, 0.6) is 5.75 Å². The standard InChI is InChI=1S/C15H17N3O/c1-19-15-4-2-3-11(7-15)12-5-13(6-12)18-14-8-16-10-17-9-14/h2-4,7-10,12-13,18H,5-6H2,1H3. The van der Waals surface area contributed by atoms with Crippen molar-refractivity contribution in [2.24, 2.45) is 0 Å². The van der Waals surface area contributed by atoms with E-state index in [0.29, 0.717) is 12.0 Å². The molecule has 1 heterocycles. The van der Waals surface area contributed by atoms with Gasteiger partial charge in [0.2, 0.25) is 0 Å².